The monoisotopic (exact) mass is 284 g/mol. The van der Waals surface area contributed by atoms with Gasteiger partial charge in [0.2, 0.25) is 0 Å². The molecule has 0 radical (unpaired) electrons. The quantitative estimate of drug-likeness (QED) is 0.796. The van der Waals surface area contributed by atoms with Crippen LogP contribution in [0.4, 0.5) is 0 Å². The molecular weight excluding hydrogens is 272 g/mol. The van der Waals surface area contributed by atoms with E-state index in [1.165, 1.54) is 0 Å². The van der Waals surface area contributed by atoms with Gasteiger partial charge in [-0.25, -0.2) is 0 Å². The van der Waals surface area contributed by atoms with E-state index in [-0.39, 0.29) is 6.10 Å². The molecule has 1 heterocycles. The molecule has 0 aromatic heterocycles. The Morgan fingerprint density at radius 3 is 2.62 bits per heavy atom. The molecule has 2 aliphatic rings. The highest BCUT2D eigenvalue weighted by Crippen LogP contribution is 2.46. The van der Waals surface area contributed by atoms with E-state index in [1.807, 2.05) is 18.2 Å². The van der Waals surface area contributed by atoms with Crippen LogP contribution in [0.3, 0.4) is 0 Å². The molecule has 1 aliphatic carbocycles. The number of aliphatic hydroxyl groups excluding tert-OH is 1. The first-order chi connectivity index (χ1) is 7.67. The average molecular weight is 285 g/mol. The fourth-order valence-corrected chi connectivity index (χ4v) is 2.65. The minimum atomic E-state index is -0.525. The second kappa shape index (κ2) is 3.64. The van der Waals surface area contributed by atoms with Crippen molar-refractivity contribution < 1.29 is 14.6 Å². The zero-order valence-corrected chi connectivity index (χ0v) is 10.4. The summed E-state index contributed by atoms with van der Waals surface area (Å²) in [6.07, 6.45) is 2.79. The third-order valence-electron chi connectivity index (χ3n) is 3.21. The highest BCUT2D eigenvalue weighted by atomic mass is 79.9. The van der Waals surface area contributed by atoms with Crippen LogP contribution in [-0.2, 0) is 0 Å². The van der Waals surface area contributed by atoms with Crippen LogP contribution in [0.15, 0.2) is 22.7 Å². The average Bonchev–Trinajstić information content (AvgIpc) is 2.60. The van der Waals surface area contributed by atoms with Gasteiger partial charge >= 0.3 is 0 Å². The number of rotatable bonds is 0. The fraction of sp³-hybridized carbons (Fsp3) is 0.500. The van der Waals surface area contributed by atoms with Gasteiger partial charge in [-0.2, -0.15) is 0 Å². The number of benzene rings is 1. The smallest absolute Gasteiger partial charge is 0.251 e. The predicted molar refractivity (Wildman–Crippen MR) is 62.6 cm³/mol. The Kier molecular flexibility index (Phi) is 2.37. The van der Waals surface area contributed by atoms with Gasteiger partial charge in [0.05, 0.1) is 6.10 Å². The number of aliphatic hydroxyl groups is 1. The molecule has 0 saturated heterocycles. The lowest BCUT2D eigenvalue weighted by molar-refractivity contribution is -0.123. The van der Waals surface area contributed by atoms with Gasteiger partial charge < -0.3 is 14.6 Å². The molecule has 1 N–H and O–H groups in total. The lowest BCUT2D eigenvalue weighted by Crippen LogP contribution is -2.43. The summed E-state index contributed by atoms with van der Waals surface area (Å²) >= 11 is 3.41. The molecule has 3 nitrogen and oxygen atoms in total. The van der Waals surface area contributed by atoms with Crippen LogP contribution in [0.5, 0.6) is 11.5 Å². The minimum absolute atomic E-state index is 0.201. The molecule has 0 atom stereocenters. The Balaban J connectivity index is 1.84. The van der Waals surface area contributed by atoms with E-state index in [0.29, 0.717) is 0 Å². The first-order valence-electron chi connectivity index (χ1n) is 5.53. The van der Waals surface area contributed by atoms with E-state index in [4.69, 9.17) is 9.47 Å². The molecule has 86 valence electrons. The summed E-state index contributed by atoms with van der Waals surface area (Å²) in [5, 5.41) is 9.50. The lowest BCUT2D eigenvalue weighted by Gasteiger charge is -2.33. The highest BCUT2D eigenvalue weighted by Gasteiger charge is 2.44. The molecule has 1 aromatic rings. The third-order valence-corrected chi connectivity index (χ3v) is 3.71. The van der Waals surface area contributed by atoms with E-state index in [0.717, 1.165) is 41.7 Å². The molecule has 16 heavy (non-hydrogen) atoms. The van der Waals surface area contributed by atoms with Gasteiger partial charge in [0.1, 0.15) is 0 Å². The van der Waals surface area contributed by atoms with Crippen LogP contribution in [0.25, 0.3) is 0 Å². The number of hydrogen-bond donors (Lipinski definition) is 1. The van der Waals surface area contributed by atoms with E-state index in [2.05, 4.69) is 15.9 Å². The standard InChI is InChI=1S/C12H13BrO3/c13-8-1-2-10-11(7-8)16-12(15-10)5-3-9(14)4-6-12/h1-2,7,9,14H,3-6H2. The Morgan fingerprint density at radius 1 is 1.19 bits per heavy atom. The molecule has 1 saturated carbocycles. The third kappa shape index (κ3) is 1.70. The highest BCUT2D eigenvalue weighted by molar-refractivity contribution is 9.10. The summed E-state index contributed by atoms with van der Waals surface area (Å²) in [5.41, 5.74) is 0. The zero-order valence-electron chi connectivity index (χ0n) is 8.78. The van der Waals surface area contributed by atoms with Gasteiger partial charge in [-0.3, -0.25) is 0 Å². The molecular formula is C12H13BrO3. The Bertz CT molecular complexity index is 411. The summed E-state index contributed by atoms with van der Waals surface area (Å²) in [6, 6.07) is 5.78. The van der Waals surface area contributed by atoms with Crippen molar-refractivity contribution in [3.8, 4) is 11.5 Å². The zero-order chi connectivity index (χ0) is 11.2. The van der Waals surface area contributed by atoms with Crippen molar-refractivity contribution in [3.05, 3.63) is 22.7 Å². The fourth-order valence-electron chi connectivity index (χ4n) is 2.31. The summed E-state index contributed by atoms with van der Waals surface area (Å²) in [7, 11) is 0. The topological polar surface area (TPSA) is 38.7 Å². The maximum absolute atomic E-state index is 9.50. The molecule has 1 fully saturated rings. The van der Waals surface area contributed by atoms with Crippen LogP contribution in [0, 0.1) is 0 Å². The minimum Gasteiger partial charge on any atom is -0.448 e. The van der Waals surface area contributed by atoms with Gasteiger partial charge in [0.25, 0.3) is 5.79 Å². The summed E-state index contributed by atoms with van der Waals surface area (Å²) in [5.74, 6) is 1.08. The molecule has 1 aliphatic heterocycles. The second-order valence-corrected chi connectivity index (χ2v) is 5.35. The van der Waals surface area contributed by atoms with Gasteiger partial charge in [0.15, 0.2) is 11.5 Å². The van der Waals surface area contributed by atoms with E-state index in [1.54, 1.807) is 0 Å². The molecule has 0 bridgehead atoms. The van der Waals surface area contributed by atoms with Crippen LogP contribution in [0.1, 0.15) is 25.7 Å². The molecule has 3 rings (SSSR count). The van der Waals surface area contributed by atoms with Crippen LogP contribution < -0.4 is 9.47 Å². The summed E-state index contributed by atoms with van der Waals surface area (Å²) in [6.45, 7) is 0. The number of hydrogen-bond acceptors (Lipinski definition) is 3. The van der Waals surface area contributed by atoms with Crippen LogP contribution in [0.2, 0.25) is 0 Å². The van der Waals surface area contributed by atoms with Gasteiger partial charge in [-0.1, -0.05) is 15.9 Å². The van der Waals surface area contributed by atoms with Crippen molar-refractivity contribution >= 4 is 15.9 Å². The Morgan fingerprint density at radius 2 is 1.88 bits per heavy atom. The van der Waals surface area contributed by atoms with E-state index in [9.17, 15) is 5.11 Å². The molecule has 0 amide bonds. The normalized spacial score (nSPS) is 32.0. The first kappa shape index (κ1) is 10.4. The maximum atomic E-state index is 9.50. The summed E-state index contributed by atoms with van der Waals surface area (Å²) in [4.78, 5) is 0. The molecule has 0 unspecified atom stereocenters. The Hall–Kier alpha value is -0.740. The SMILES string of the molecule is OC1CCC2(CC1)Oc1ccc(Br)cc1O2. The van der Waals surface area contributed by atoms with Crippen molar-refractivity contribution in [2.24, 2.45) is 0 Å². The Labute approximate surface area is 102 Å². The number of ether oxygens (including phenoxy) is 2. The first-order valence-corrected chi connectivity index (χ1v) is 6.32. The van der Waals surface area contributed by atoms with Gasteiger partial charge in [-0.05, 0) is 31.0 Å². The lowest BCUT2D eigenvalue weighted by atomic mass is 9.92. The van der Waals surface area contributed by atoms with Crippen molar-refractivity contribution in [3.63, 3.8) is 0 Å². The largest absolute Gasteiger partial charge is 0.448 e. The van der Waals surface area contributed by atoms with Crippen LogP contribution in [-0.4, -0.2) is 17.0 Å². The van der Waals surface area contributed by atoms with Gasteiger partial charge in [0, 0.05) is 17.3 Å². The van der Waals surface area contributed by atoms with Crippen molar-refractivity contribution in [2.75, 3.05) is 0 Å². The molecule has 1 spiro atoms. The van der Waals surface area contributed by atoms with E-state index >= 15 is 0 Å². The van der Waals surface area contributed by atoms with Crippen molar-refractivity contribution in [1.82, 2.24) is 0 Å². The predicted octanol–water partition coefficient (Wildman–Crippen LogP) is 2.85. The van der Waals surface area contributed by atoms with E-state index < -0.39 is 5.79 Å². The van der Waals surface area contributed by atoms with Crippen LogP contribution >= 0.6 is 15.9 Å². The number of halogens is 1. The van der Waals surface area contributed by atoms with Crippen molar-refractivity contribution in [2.45, 2.75) is 37.6 Å². The maximum Gasteiger partial charge on any atom is 0.251 e. The second-order valence-electron chi connectivity index (χ2n) is 4.44. The summed E-state index contributed by atoms with van der Waals surface area (Å²) < 4.78 is 12.8. The van der Waals surface area contributed by atoms with Crippen molar-refractivity contribution in [1.29, 1.82) is 0 Å². The molecule has 4 heteroatoms. The molecule has 1 aromatic carbocycles. The van der Waals surface area contributed by atoms with Gasteiger partial charge in [-0.15, -0.1) is 0 Å². The number of fused-ring (bicyclic) bond motifs is 1.